The fourth-order valence-corrected chi connectivity index (χ4v) is 3.01. The predicted octanol–water partition coefficient (Wildman–Crippen LogP) is 2.02. The number of likely N-dealkylation sites (N-methyl/N-ethyl adjacent to an activating group) is 1. The molecule has 3 heteroatoms. The second kappa shape index (κ2) is 6.17. The van der Waals surface area contributed by atoms with Crippen molar-refractivity contribution in [1.82, 2.24) is 10.2 Å². The zero-order valence-electron chi connectivity index (χ0n) is 11.5. The molecule has 2 fully saturated rings. The lowest BCUT2D eigenvalue weighted by molar-refractivity contribution is 0.0594. The second-order valence-electron chi connectivity index (χ2n) is 5.93. The summed E-state index contributed by atoms with van der Waals surface area (Å²) >= 11 is 0. The van der Waals surface area contributed by atoms with Crippen LogP contribution in [0.4, 0.5) is 0 Å². The van der Waals surface area contributed by atoms with Gasteiger partial charge in [-0.25, -0.2) is 0 Å². The Morgan fingerprint density at radius 1 is 1.29 bits per heavy atom. The first kappa shape index (κ1) is 13.3. The van der Waals surface area contributed by atoms with E-state index in [1.807, 2.05) is 0 Å². The van der Waals surface area contributed by atoms with Gasteiger partial charge in [-0.2, -0.15) is 0 Å². The van der Waals surface area contributed by atoms with Gasteiger partial charge in [-0.3, -0.25) is 0 Å². The molecule has 1 saturated heterocycles. The molecular weight excluding hydrogens is 212 g/mol. The topological polar surface area (TPSA) is 24.5 Å². The number of rotatable bonds is 7. The van der Waals surface area contributed by atoms with Crippen LogP contribution in [0.3, 0.4) is 0 Å². The Labute approximate surface area is 106 Å². The average Bonchev–Trinajstić information content (AvgIpc) is 2.73. The van der Waals surface area contributed by atoms with E-state index in [-0.39, 0.29) is 0 Å². The van der Waals surface area contributed by atoms with Crippen LogP contribution in [0.5, 0.6) is 0 Å². The number of hydrogen-bond acceptors (Lipinski definition) is 3. The van der Waals surface area contributed by atoms with Gasteiger partial charge in [-0.05, 0) is 65.6 Å². The Hall–Kier alpha value is -0.120. The van der Waals surface area contributed by atoms with Gasteiger partial charge in [0.15, 0.2) is 0 Å². The first-order valence-corrected chi connectivity index (χ1v) is 7.23. The molecule has 2 aliphatic rings. The van der Waals surface area contributed by atoms with Gasteiger partial charge in [0.05, 0.1) is 6.10 Å². The molecule has 0 aromatic carbocycles. The highest BCUT2D eigenvalue weighted by Crippen LogP contribution is 2.35. The quantitative estimate of drug-likeness (QED) is 0.689. The molecule has 2 rings (SSSR count). The van der Waals surface area contributed by atoms with E-state index in [0.29, 0.717) is 11.6 Å². The van der Waals surface area contributed by atoms with E-state index in [2.05, 4.69) is 24.3 Å². The highest BCUT2D eigenvalue weighted by molar-refractivity contribution is 4.97. The first-order valence-electron chi connectivity index (χ1n) is 7.23. The minimum Gasteiger partial charge on any atom is -0.378 e. The Morgan fingerprint density at radius 2 is 2.12 bits per heavy atom. The fraction of sp³-hybridized carbons (Fsp3) is 1.00. The van der Waals surface area contributed by atoms with Crippen molar-refractivity contribution in [2.75, 3.05) is 33.8 Å². The monoisotopic (exact) mass is 240 g/mol. The maximum absolute atomic E-state index is 5.63. The van der Waals surface area contributed by atoms with Crippen molar-refractivity contribution in [3.8, 4) is 0 Å². The lowest BCUT2D eigenvalue weighted by Gasteiger charge is -2.47. The lowest BCUT2D eigenvalue weighted by Crippen LogP contribution is -2.56. The normalized spacial score (nSPS) is 27.4. The van der Waals surface area contributed by atoms with Crippen LogP contribution in [0.1, 0.15) is 44.9 Å². The predicted molar refractivity (Wildman–Crippen MR) is 71.3 cm³/mol. The van der Waals surface area contributed by atoms with E-state index in [1.54, 1.807) is 0 Å². The van der Waals surface area contributed by atoms with Crippen LogP contribution in [0, 0.1) is 0 Å². The Morgan fingerprint density at radius 3 is 2.65 bits per heavy atom. The van der Waals surface area contributed by atoms with Gasteiger partial charge in [0.1, 0.15) is 0 Å². The van der Waals surface area contributed by atoms with E-state index in [9.17, 15) is 0 Å². The summed E-state index contributed by atoms with van der Waals surface area (Å²) in [7, 11) is 4.43. The summed E-state index contributed by atoms with van der Waals surface area (Å²) in [6.07, 6.45) is 9.72. The molecule has 1 saturated carbocycles. The summed E-state index contributed by atoms with van der Waals surface area (Å²) in [6.45, 7) is 3.29. The summed E-state index contributed by atoms with van der Waals surface area (Å²) in [4.78, 5) is 2.41. The maximum Gasteiger partial charge on any atom is 0.0576 e. The molecule has 1 aliphatic heterocycles. The summed E-state index contributed by atoms with van der Waals surface area (Å²) < 4.78 is 5.63. The largest absolute Gasteiger partial charge is 0.378 e. The molecule has 1 unspecified atom stereocenters. The highest BCUT2D eigenvalue weighted by Gasteiger charge is 2.38. The molecule has 17 heavy (non-hydrogen) atoms. The molecule has 0 spiro atoms. The minimum absolute atomic E-state index is 0.462. The molecule has 1 heterocycles. The van der Waals surface area contributed by atoms with Gasteiger partial charge < -0.3 is 15.0 Å². The van der Waals surface area contributed by atoms with Crippen molar-refractivity contribution in [3.05, 3.63) is 0 Å². The van der Waals surface area contributed by atoms with Gasteiger partial charge in [0.2, 0.25) is 0 Å². The number of nitrogens with one attached hydrogen (secondary N) is 1. The van der Waals surface area contributed by atoms with Crippen molar-refractivity contribution in [1.29, 1.82) is 0 Å². The molecule has 1 aliphatic carbocycles. The van der Waals surface area contributed by atoms with E-state index < -0.39 is 0 Å². The van der Waals surface area contributed by atoms with Crippen LogP contribution in [-0.2, 0) is 4.74 Å². The molecule has 0 radical (unpaired) electrons. The van der Waals surface area contributed by atoms with E-state index in [0.717, 1.165) is 19.7 Å². The molecule has 0 aromatic rings. The van der Waals surface area contributed by atoms with Crippen LogP contribution >= 0.6 is 0 Å². The smallest absolute Gasteiger partial charge is 0.0576 e. The zero-order valence-corrected chi connectivity index (χ0v) is 11.5. The standard InChI is InChI=1S/C14H28N2O/c1-16(2)14(8-5-9-14)12-15-10-3-6-13-7-4-11-17-13/h13,15H,3-12H2,1-2H3. The fourth-order valence-electron chi connectivity index (χ4n) is 3.01. The van der Waals surface area contributed by atoms with Crippen molar-refractivity contribution < 1.29 is 4.74 Å². The Balaban J connectivity index is 1.53. The summed E-state index contributed by atoms with van der Waals surface area (Å²) in [5.41, 5.74) is 0.462. The third-order valence-corrected chi connectivity index (χ3v) is 4.59. The summed E-state index contributed by atoms with van der Waals surface area (Å²) in [5, 5.41) is 3.64. The van der Waals surface area contributed by atoms with Gasteiger partial charge in [0, 0.05) is 18.7 Å². The first-order chi connectivity index (χ1) is 8.23. The number of nitrogens with zero attached hydrogens (tertiary/aromatic N) is 1. The van der Waals surface area contributed by atoms with Crippen LogP contribution in [-0.4, -0.2) is 50.3 Å². The van der Waals surface area contributed by atoms with Crippen LogP contribution in [0.2, 0.25) is 0 Å². The molecule has 3 nitrogen and oxygen atoms in total. The minimum atomic E-state index is 0.462. The van der Waals surface area contributed by atoms with Gasteiger partial charge in [-0.1, -0.05) is 0 Å². The molecule has 1 atom stereocenters. The second-order valence-corrected chi connectivity index (χ2v) is 5.93. The van der Waals surface area contributed by atoms with E-state index in [4.69, 9.17) is 4.74 Å². The van der Waals surface area contributed by atoms with Crippen molar-refractivity contribution in [2.24, 2.45) is 0 Å². The van der Waals surface area contributed by atoms with E-state index >= 15 is 0 Å². The van der Waals surface area contributed by atoms with Gasteiger partial charge >= 0.3 is 0 Å². The molecule has 1 N–H and O–H groups in total. The van der Waals surface area contributed by atoms with Crippen molar-refractivity contribution in [3.63, 3.8) is 0 Å². The third-order valence-electron chi connectivity index (χ3n) is 4.59. The summed E-state index contributed by atoms with van der Waals surface area (Å²) in [6, 6.07) is 0. The van der Waals surface area contributed by atoms with Crippen LogP contribution in [0.25, 0.3) is 0 Å². The van der Waals surface area contributed by atoms with Gasteiger partial charge in [-0.15, -0.1) is 0 Å². The number of ether oxygens (including phenoxy) is 1. The molecule has 0 bridgehead atoms. The SMILES string of the molecule is CN(C)C1(CNCCCC2CCCO2)CCC1. The lowest BCUT2D eigenvalue weighted by atomic mass is 9.75. The van der Waals surface area contributed by atoms with Crippen LogP contribution < -0.4 is 5.32 Å². The molecule has 0 aromatic heterocycles. The molecule has 0 amide bonds. The Kier molecular flexibility index (Phi) is 4.83. The highest BCUT2D eigenvalue weighted by atomic mass is 16.5. The summed E-state index contributed by atoms with van der Waals surface area (Å²) in [5.74, 6) is 0. The maximum atomic E-state index is 5.63. The van der Waals surface area contributed by atoms with Crippen LogP contribution in [0.15, 0.2) is 0 Å². The molecule has 100 valence electrons. The third kappa shape index (κ3) is 3.43. The van der Waals surface area contributed by atoms with Crippen molar-refractivity contribution >= 4 is 0 Å². The van der Waals surface area contributed by atoms with Crippen molar-refractivity contribution in [2.45, 2.75) is 56.6 Å². The zero-order chi connectivity index (χ0) is 12.1. The van der Waals surface area contributed by atoms with E-state index in [1.165, 1.54) is 44.9 Å². The number of hydrogen-bond donors (Lipinski definition) is 1. The Bertz CT molecular complexity index is 220. The average molecular weight is 240 g/mol. The van der Waals surface area contributed by atoms with Gasteiger partial charge in [0.25, 0.3) is 0 Å². The molecular formula is C14H28N2O.